The van der Waals surface area contributed by atoms with E-state index >= 15 is 0 Å². The predicted molar refractivity (Wildman–Crippen MR) is 90.2 cm³/mol. The summed E-state index contributed by atoms with van der Waals surface area (Å²) in [4.78, 5) is 8.46. The number of aromatic nitrogens is 2. The van der Waals surface area contributed by atoms with E-state index in [1.165, 1.54) is 6.07 Å². The third-order valence-corrected chi connectivity index (χ3v) is 3.37. The SMILES string of the molecule is N#Cc1ccccc1Nc1nccc(NCc2ccccc2F)n1. The lowest BCUT2D eigenvalue weighted by Crippen LogP contribution is -2.05. The summed E-state index contributed by atoms with van der Waals surface area (Å²) in [5.74, 6) is 0.654. The van der Waals surface area contributed by atoms with E-state index in [-0.39, 0.29) is 5.82 Å². The van der Waals surface area contributed by atoms with Gasteiger partial charge in [0, 0.05) is 18.3 Å². The van der Waals surface area contributed by atoms with Crippen LogP contribution >= 0.6 is 0 Å². The van der Waals surface area contributed by atoms with Gasteiger partial charge in [-0.2, -0.15) is 10.2 Å². The molecule has 2 N–H and O–H groups in total. The molecule has 0 amide bonds. The highest BCUT2D eigenvalue weighted by atomic mass is 19.1. The van der Waals surface area contributed by atoms with Gasteiger partial charge in [-0.05, 0) is 24.3 Å². The minimum Gasteiger partial charge on any atom is -0.366 e. The van der Waals surface area contributed by atoms with Crippen LogP contribution in [0.25, 0.3) is 0 Å². The monoisotopic (exact) mass is 319 g/mol. The first kappa shape index (κ1) is 15.4. The Labute approximate surface area is 138 Å². The van der Waals surface area contributed by atoms with Crippen molar-refractivity contribution >= 4 is 17.5 Å². The molecule has 0 saturated heterocycles. The summed E-state index contributed by atoms with van der Waals surface area (Å²) in [7, 11) is 0. The summed E-state index contributed by atoms with van der Waals surface area (Å²) in [5, 5.41) is 15.2. The maximum Gasteiger partial charge on any atom is 0.229 e. The molecule has 1 heterocycles. The Hall–Kier alpha value is -3.46. The Bertz CT molecular complexity index is 888. The molecule has 0 unspecified atom stereocenters. The summed E-state index contributed by atoms with van der Waals surface area (Å²) in [5.41, 5.74) is 1.69. The molecule has 0 spiro atoms. The second-order valence-electron chi connectivity index (χ2n) is 4.99. The number of halogens is 1. The molecule has 2 aromatic carbocycles. The molecule has 0 aliphatic carbocycles. The lowest BCUT2D eigenvalue weighted by Gasteiger charge is -2.09. The maximum absolute atomic E-state index is 13.6. The molecule has 3 rings (SSSR count). The van der Waals surface area contributed by atoms with Crippen LogP contribution in [0.2, 0.25) is 0 Å². The molecule has 1 aromatic heterocycles. The smallest absolute Gasteiger partial charge is 0.229 e. The molecule has 6 heteroatoms. The van der Waals surface area contributed by atoms with Crippen LogP contribution in [0.5, 0.6) is 0 Å². The van der Waals surface area contributed by atoms with Crippen LogP contribution in [0.3, 0.4) is 0 Å². The zero-order valence-electron chi connectivity index (χ0n) is 12.7. The average Bonchev–Trinajstić information content (AvgIpc) is 2.62. The third kappa shape index (κ3) is 3.65. The fraction of sp³-hybridized carbons (Fsp3) is 0.0556. The highest BCUT2D eigenvalue weighted by Gasteiger charge is 2.05. The summed E-state index contributed by atoms with van der Waals surface area (Å²) in [6.45, 7) is 0.317. The Morgan fingerprint density at radius 2 is 1.83 bits per heavy atom. The van der Waals surface area contributed by atoms with Gasteiger partial charge < -0.3 is 10.6 Å². The van der Waals surface area contributed by atoms with Crippen LogP contribution < -0.4 is 10.6 Å². The molecular weight excluding hydrogens is 305 g/mol. The number of nitriles is 1. The third-order valence-electron chi connectivity index (χ3n) is 3.37. The van der Waals surface area contributed by atoms with E-state index in [4.69, 9.17) is 5.26 Å². The second-order valence-corrected chi connectivity index (χ2v) is 4.99. The highest BCUT2D eigenvalue weighted by molar-refractivity contribution is 5.63. The van der Waals surface area contributed by atoms with Crippen molar-refractivity contribution in [1.29, 1.82) is 5.26 Å². The minimum absolute atomic E-state index is 0.264. The van der Waals surface area contributed by atoms with Gasteiger partial charge in [0.2, 0.25) is 5.95 Å². The first-order chi connectivity index (χ1) is 11.8. The lowest BCUT2D eigenvalue weighted by molar-refractivity contribution is 0.613. The number of para-hydroxylation sites is 1. The quantitative estimate of drug-likeness (QED) is 0.747. The lowest BCUT2D eigenvalue weighted by atomic mass is 10.2. The number of hydrogen-bond acceptors (Lipinski definition) is 5. The fourth-order valence-corrected chi connectivity index (χ4v) is 2.15. The minimum atomic E-state index is -0.264. The van der Waals surface area contributed by atoms with Crippen LogP contribution in [-0.4, -0.2) is 9.97 Å². The second kappa shape index (κ2) is 7.20. The normalized spacial score (nSPS) is 10.0. The van der Waals surface area contributed by atoms with Crippen molar-refractivity contribution in [1.82, 2.24) is 9.97 Å². The van der Waals surface area contributed by atoms with Crippen LogP contribution in [0.4, 0.5) is 21.8 Å². The van der Waals surface area contributed by atoms with Gasteiger partial charge in [-0.15, -0.1) is 0 Å². The van der Waals surface area contributed by atoms with E-state index in [9.17, 15) is 4.39 Å². The number of benzene rings is 2. The Morgan fingerprint density at radius 1 is 1.04 bits per heavy atom. The summed E-state index contributed by atoms with van der Waals surface area (Å²) in [6, 6.07) is 17.5. The van der Waals surface area contributed by atoms with Crippen molar-refractivity contribution in [2.45, 2.75) is 6.54 Å². The molecular formula is C18H14FN5. The first-order valence-electron chi connectivity index (χ1n) is 7.33. The summed E-state index contributed by atoms with van der Waals surface area (Å²) >= 11 is 0. The molecule has 24 heavy (non-hydrogen) atoms. The van der Waals surface area contributed by atoms with Gasteiger partial charge in [0.15, 0.2) is 0 Å². The zero-order chi connectivity index (χ0) is 16.8. The summed E-state index contributed by atoms with van der Waals surface area (Å²) < 4.78 is 13.6. The predicted octanol–water partition coefficient (Wildman–Crippen LogP) is 3.84. The molecule has 0 fully saturated rings. The Balaban J connectivity index is 1.73. The number of nitrogens with zero attached hydrogens (tertiary/aromatic N) is 3. The number of anilines is 3. The van der Waals surface area contributed by atoms with Crippen molar-refractivity contribution < 1.29 is 4.39 Å². The van der Waals surface area contributed by atoms with Crippen molar-refractivity contribution in [3.8, 4) is 6.07 Å². The molecule has 0 atom stereocenters. The van der Waals surface area contributed by atoms with Crippen molar-refractivity contribution in [2.75, 3.05) is 10.6 Å². The Kier molecular flexibility index (Phi) is 4.63. The largest absolute Gasteiger partial charge is 0.366 e. The topological polar surface area (TPSA) is 73.6 Å². The highest BCUT2D eigenvalue weighted by Crippen LogP contribution is 2.18. The molecule has 0 saturated carbocycles. The van der Waals surface area contributed by atoms with Gasteiger partial charge in [-0.25, -0.2) is 9.37 Å². The molecule has 0 aliphatic rings. The standard InChI is InChI=1S/C18H14FN5/c19-15-7-3-1-6-14(15)12-22-17-9-10-21-18(24-17)23-16-8-4-2-5-13(16)11-20/h1-10H,12H2,(H2,21,22,23,24). The van der Waals surface area contributed by atoms with E-state index in [0.29, 0.717) is 35.1 Å². The first-order valence-corrected chi connectivity index (χ1v) is 7.33. The van der Waals surface area contributed by atoms with E-state index in [1.54, 1.807) is 48.7 Å². The van der Waals surface area contributed by atoms with Gasteiger partial charge in [0.05, 0.1) is 11.3 Å². The zero-order valence-corrected chi connectivity index (χ0v) is 12.7. The fourth-order valence-electron chi connectivity index (χ4n) is 2.15. The maximum atomic E-state index is 13.6. The van der Waals surface area contributed by atoms with E-state index in [2.05, 4.69) is 26.7 Å². The van der Waals surface area contributed by atoms with Crippen molar-refractivity contribution in [3.05, 3.63) is 77.7 Å². The van der Waals surface area contributed by atoms with Crippen LogP contribution in [0.15, 0.2) is 60.8 Å². The van der Waals surface area contributed by atoms with Crippen molar-refractivity contribution in [3.63, 3.8) is 0 Å². The van der Waals surface area contributed by atoms with E-state index in [1.807, 2.05) is 6.07 Å². The van der Waals surface area contributed by atoms with E-state index < -0.39 is 0 Å². The molecule has 118 valence electrons. The molecule has 0 radical (unpaired) electrons. The van der Waals surface area contributed by atoms with Gasteiger partial charge in [0.25, 0.3) is 0 Å². The number of rotatable bonds is 5. The van der Waals surface area contributed by atoms with Gasteiger partial charge in [-0.1, -0.05) is 30.3 Å². The molecule has 3 aromatic rings. The van der Waals surface area contributed by atoms with Gasteiger partial charge in [-0.3, -0.25) is 0 Å². The van der Waals surface area contributed by atoms with E-state index in [0.717, 1.165) is 0 Å². The van der Waals surface area contributed by atoms with Crippen LogP contribution in [0, 0.1) is 17.1 Å². The van der Waals surface area contributed by atoms with Crippen LogP contribution in [-0.2, 0) is 6.54 Å². The average molecular weight is 319 g/mol. The molecule has 5 nitrogen and oxygen atoms in total. The summed E-state index contributed by atoms with van der Waals surface area (Å²) in [6.07, 6.45) is 1.59. The number of nitrogens with one attached hydrogen (secondary N) is 2. The Morgan fingerprint density at radius 3 is 2.67 bits per heavy atom. The number of hydrogen-bond donors (Lipinski definition) is 2. The van der Waals surface area contributed by atoms with Crippen molar-refractivity contribution in [2.24, 2.45) is 0 Å². The van der Waals surface area contributed by atoms with Gasteiger partial charge in [0.1, 0.15) is 17.7 Å². The molecule has 0 aliphatic heterocycles. The van der Waals surface area contributed by atoms with Crippen LogP contribution in [0.1, 0.15) is 11.1 Å². The van der Waals surface area contributed by atoms with Gasteiger partial charge >= 0.3 is 0 Å². The molecule has 0 bridgehead atoms.